The second-order valence-corrected chi connectivity index (χ2v) is 6.66. The minimum atomic E-state index is -0.711. The van der Waals surface area contributed by atoms with Crippen molar-refractivity contribution in [1.29, 1.82) is 0 Å². The van der Waals surface area contributed by atoms with Gasteiger partial charge in [0, 0.05) is 12.1 Å². The van der Waals surface area contributed by atoms with Gasteiger partial charge >= 0.3 is 0 Å². The van der Waals surface area contributed by atoms with E-state index in [2.05, 4.69) is 26.1 Å². The summed E-state index contributed by atoms with van der Waals surface area (Å²) < 4.78 is 26.8. The van der Waals surface area contributed by atoms with Crippen LogP contribution in [0, 0.1) is 17.0 Å². The zero-order chi connectivity index (χ0) is 15.3. The molecule has 0 spiro atoms. The lowest BCUT2D eigenvalue weighted by molar-refractivity contribution is -0.120. The molecule has 0 heterocycles. The number of carbonyl (C=O) groups excluding carboxylic acids is 1. The van der Waals surface area contributed by atoms with Gasteiger partial charge in [-0.05, 0) is 24.0 Å². The molecule has 5 heteroatoms. The van der Waals surface area contributed by atoms with Gasteiger partial charge in [-0.2, -0.15) is 0 Å². The van der Waals surface area contributed by atoms with Gasteiger partial charge in [-0.3, -0.25) is 4.79 Å². The zero-order valence-electron chi connectivity index (χ0n) is 12.0. The molecule has 2 nitrogen and oxygen atoms in total. The first-order valence-corrected chi connectivity index (χ1v) is 6.96. The third kappa shape index (κ3) is 5.87. The first-order chi connectivity index (χ1) is 9.19. The third-order valence-corrected chi connectivity index (χ3v) is 3.06. The van der Waals surface area contributed by atoms with Crippen LogP contribution in [0.5, 0.6) is 0 Å². The zero-order valence-corrected chi connectivity index (χ0v) is 12.7. The van der Waals surface area contributed by atoms with Crippen molar-refractivity contribution in [2.45, 2.75) is 39.0 Å². The van der Waals surface area contributed by atoms with Gasteiger partial charge in [0.25, 0.3) is 0 Å². The van der Waals surface area contributed by atoms with Crippen LogP contribution in [0.3, 0.4) is 0 Å². The predicted molar refractivity (Wildman–Crippen MR) is 76.8 cm³/mol. The summed E-state index contributed by atoms with van der Waals surface area (Å²) in [5, 5.41) is 2.40. The Labute approximate surface area is 123 Å². The SMILES string of the molecule is CC(C)(C)CC(Cl)CNC(=O)Cc1c(F)cccc1F. The maximum absolute atomic E-state index is 13.4. The van der Waals surface area contributed by atoms with Gasteiger partial charge in [0.1, 0.15) is 11.6 Å². The first-order valence-electron chi connectivity index (χ1n) is 6.53. The highest BCUT2D eigenvalue weighted by Gasteiger charge is 2.18. The van der Waals surface area contributed by atoms with Crippen molar-refractivity contribution < 1.29 is 13.6 Å². The molecule has 0 radical (unpaired) electrons. The second kappa shape index (κ2) is 7.02. The Morgan fingerprint density at radius 2 is 1.85 bits per heavy atom. The minimum Gasteiger partial charge on any atom is -0.354 e. The van der Waals surface area contributed by atoms with Crippen molar-refractivity contribution in [1.82, 2.24) is 5.32 Å². The average Bonchev–Trinajstić information content (AvgIpc) is 2.29. The van der Waals surface area contributed by atoms with E-state index in [9.17, 15) is 13.6 Å². The van der Waals surface area contributed by atoms with Crippen molar-refractivity contribution >= 4 is 17.5 Å². The average molecular weight is 304 g/mol. The van der Waals surface area contributed by atoms with Crippen molar-refractivity contribution in [3.63, 3.8) is 0 Å². The number of hydrogen-bond donors (Lipinski definition) is 1. The largest absolute Gasteiger partial charge is 0.354 e. The van der Waals surface area contributed by atoms with Crippen LogP contribution in [-0.2, 0) is 11.2 Å². The molecule has 0 bridgehead atoms. The fourth-order valence-corrected chi connectivity index (χ4v) is 2.43. The van der Waals surface area contributed by atoms with E-state index in [0.29, 0.717) is 0 Å². The lowest BCUT2D eigenvalue weighted by Crippen LogP contribution is -2.33. The number of nitrogens with one attached hydrogen (secondary N) is 1. The third-order valence-electron chi connectivity index (χ3n) is 2.75. The van der Waals surface area contributed by atoms with Crippen LogP contribution in [0.15, 0.2) is 18.2 Å². The fourth-order valence-electron chi connectivity index (χ4n) is 1.89. The molecular formula is C15H20ClF2NO. The van der Waals surface area contributed by atoms with Crippen LogP contribution >= 0.6 is 11.6 Å². The van der Waals surface area contributed by atoms with Gasteiger partial charge in [-0.25, -0.2) is 8.78 Å². The highest BCUT2D eigenvalue weighted by atomic mass is 35.5. The van der Waals surface area contributed by atoms with Crippen LogP contribution in [0.2, 0.25) is 0 Å². The molecule has 20 heavy (non-hydrogen) atoms. The smallest absolute Gasteiger partial charge is 0.224 e. The van der Waals surface area contributed by atoms with E-state index in [1.807, 2.05) is 0 Å². The summed E-state index contributed by atoms with van der Waals surface area (Å²) >= 11 is 6.11. The summed E-state index contributed by atoms with van der Waals surface area (Å²) in [5.74, 6) is -1.86. The highest BCUT2D eigenvalue weighted by Crippen LogP contribution is 2.23. The number of alkyl halides is 1. The molecular weight excluding hydrogens is 284 g/mol. The Morgan fingerprint density at radius 1 is 1.30 bits per heavy atom. The molecule has 0 aliphatic heterocycles. The van der Waals surface area contributed by atoms with Crippen LogP contribution in [0.1, 0.15) is 32.8 Å². The number of rotatable bonds is 5. The molecule has 1 amide bonds. The Morgan fingerprint density at radius 3 is 2.35 bits per heavy atom. The monoisotopic (exact) mass is 303 g/mol. The summed E-state index contributed by atoms with van der Waals surface area (Å²) in [5.41, 5.74) is -0.152. The molecule has 1 rings (SSSR count). The van der Waals surface area contributed by atoms with E-state index in [-0.39, 0.29) is 29.3 Å². The number of carbonyl (C=O) groups is 1. The Bertz CT molecular complexity index is 451. The number of benzene rings is 1. The molecule has 112 valence electrons. The molecule has 1 aromatic carbocycles. The molecule has 1 N–H and O–H groups in total. The lowest BCUT2D eigenvalue weighted by atomic mass is 9.90. The summed E-state index contributed by atoms with van der Waals surface area (Å²) in [4.78, 5) is 11.7. The van der Waals surface area contributed by atoms with Gasteiger partial charge < -0.3 is 5.32 Å². The molecule has 1 aromatic rings. The normalized spacial score (nSPS) is 13.1. The maximum atomic E-state index is 13.4. The molecule has 0 aromatic heterocycles. The molecule has 0 fully saturated rings. The topological polar surface area (TPSA) is 29.1 Å². The Kier molecular flexibility index (Phi) is 5.93. The number of halogens is 3. The minimum absolute atomic E-state index is 0.0643. The molecule has 1 unspecified atom stereocenters. The van der Waals surface area contributed by atoms with Crippen molar-refractivity contribution in [3.8, 4) is 0 Å². The van der Waals surface area contributed by atoms with E-state index < -0.39 is 17.5 Å². The summed E-state index contributed by atoms with van der Waals surface area (Å²) in [6, 6.07) is 3.54. The van der Waals surface area contributed by atoms with Gasteiger partial charge in [-0.15, -0.1) is 11.6 Å². The second-order valence-electron chi connectivity index (χ2n) is 6.04. The Balaban J connectivity index is 2.49. The molecule has 0 saturated heterocycles. The van der Waals surface area contributed by atoms with Crippen LogP contribution in [-0.4, -0.2) is 17.8 Å². The van der Waals surface area contributed by atoms with Gasteiger partial charge in [0.05, 0.1) is 11.8 Å². The van der Waals surface area contributed by atoms with Crippen molar-refractivity contribution in [3.05, 3.63) is 35.4 Å². The van der Waals surface area contributed by atoms with E-state index in [1.54, 1.807) is 0 Å². The fraction of sp³-hybridized carbons (Fsp3) is 0.533. The summed E-state index contributed by atoms with van der Waals surface area (Å²) in [6.07, 6.45) is 0.417. The van der Waals surface area contributed by atoms with Crippen LogP contribution < -0.4 is 5.32 Å². The Hall–Kier alpha value is -1.16. The predicted octanol–water partition coefficient (Wildman–Crippen LogP) is 3.67. The molecule has 0 saturated carbocycles. The van der Waals surface area contributed by atoms with E-state index in [1.165, 1.54) is 6.07 Å². The van der Waals surface area contributed by atoms with Crippen LogP contribution in [0.25, 0.3) is 0 Å². The highest BCUT2D eigenvalue weighted by molar-refractivity contribution is 6.20. The number of amides is 1. The first kappa shape index (κ1) is 16.9. The standard InChI is InChI=1S/C15H20ClF2NO/c1-15(2,3)8-10(16)9-19-14(20)7-11-12(17)5-4-6-13(11)18/h4-6,10H,7-9H2,1-3H3,(H,19,20). The van der Waals surface area contributed by atoms with Gasteiger partial charge in [0.2, 0.25) is 5.91 Å². The quantitative estimate of drug-likeness (QED) is 0.826. The van der Waals surface area contributed by atoms with E-state index in [4.69, 9.17) is 11.6 Å². The molecule has 0 aliphatic rings. The van der Waals surface area contributed by atoms with Gasteiger partial charge in [-0.1, -0.05) is 26.8 Å². The van der Waals surface area contributed by atoms with Crippen molar-refractivity contribution in [2.75, 3.05) is 6.54 Å². The molecule has 0 aliphatic carbocycles. The van der Waals surface area contributed by atoms with Gasteiger partial charge in [0.15, 0.2) is 0 Å². The van der Waals surface area contributed by atoms with Crippen LogP contribution in [0.4, 0.5) is 8.78 Å². The molecule has 1 atom stereocenters. The maximum Gasteiger partial charge on any atom is 0.224 e. The number of hydrogen-bond acceptors (Lipinski definition) is 1. The van der Waals surface area contributed by atoms with E-state index >= 15 is 0 Å². The summed E-state index contributed by atoms with van der Waals surface area (Å²) in [6.45, 7) is 6.45. The van der Waals surface area contributed by atoms with E-state index in [0.717, 1.165) is 18.6 Å². The summed E-state index contributed by atoms with van der Waals surface area (Å²) in [7, 11) is 0. The van der Waals surface area contributed by atoms with Crippen molar-refractivity contribution in [2.24, 2.45) is 5.41 Å². The lowest BCUT2D eigenvalue weighted by Gasteiger charge is -2.22.